The van der Waals surface area contributed by atoms with Gasteiger partial charge in [0.15, 0.2) is 0 Å². The minimum absolute atomic E-state index is 0.000607. The molecule has 1 unspecified atom stereocenters. The Morgan fingerprint density at radius 2 is 1.64 bits per heavy atom. The Labute approximate surface area is 194 Å². The number of likely N-dealkylation sites (tertiary alicyclic amines) is 1. The quantitative estimate of drug-likeness (QED) is 0.697. The van der Waals surface area contributed by atoms with E-state index in [2.05, 4.69) is 17.0 Å². The van der Waals surface area contributed by atoms with Gasteiger partial charge in [-0.2, -0.15) is 0 Å². The number of carbonyl (C=O) groups excluding carboxylic acids is 2. The van der Waals surface area contributed by atoms with Crippen LogP contribution in [0.1, 0.15) is 24.8 Å². The monoisotopic (exact) mass is 453 g/mol. The van der Waals surface area contributed by atoms with Crippen LogP contribution in [0.5, 0.6) is 5.75 Å². The number of anilines is 1. The Morgan fingerprint density at radius 1 is 0.909 bits per heavy atom. The fourth-order valence-electron chi connectivity index (χ4n) is 4.74. The summed E-state index contributed by atoms with van der Waals surface area (Å²) in [7, 11) is 1.66. The van der Waals surface area contributed by atoms with Gasteiger partial charge in [0.1, 0.15) is 11.6 Å². The molecule has 2 aromatic carbocycles. The van der Waals surface area contributed by atoms with Crippen LogP contribution >= 0.6 is 0 Å². The maximum Gasteiger partial charge on any atom is 0.227 e. The Kier molecular flexibility index (Phi) is 7.47. The lowest BCUT2D eigenvalue weighted by Gasteiger charge is -2.35. The molecular formula is C26H32FN3O3. The van der Waals surface area contributed by atoms with Gasteiger partial charge in [0.05, 0.1) is 19.4 Å². The van der Waals surface area contributed by atoms with Crippen molar-refractivity contribution in [3.8, 4) is 5.75 Å². The zero-order valence-corrected chi connectivity index (χ0v) is 19.2. The highest BCUT2D eigenvalue weighted by molar-refractivity contribution is 5.82. The molecule has 0 N–H and O–H groups in total. The van der Waals surface area contributed by atoms with Gasteiger partial charge in [-0.25, -0.2) is 4.39 Å². The van der Waals surface area contributed by atoms with E-state index < -0.39 is 0 Å². The molecule has 7 heteroatoms. The largest absolute Gasteiger partial charge is 0.497 e. The fourth-order valence-corrected chi connectivity index (χ4v) is 4.74. The molecule has 4 rings (SSSR count). The smallest absolute Gasteiger partial charge is 0.227 e. The number of piperidine rings is 1. The lowest BCUT2D eigenvalue weighted by Crippen LogP contribution is -2.47. The fraction of sp³-hybridized carbons (Fsp3) is 0.462. The minimum Gasteiger partial charge on any atom is -0.497 e. The number of halogens is 1. The Bertz CT molecular complexity index is 948. The molecule has 0 bridgehead atoms. The van der Waals surface area contributed by atoms with E-state index in [1.54, 1.807) is 24.1 Å². The van der Waals surface area contributed by atoms with Crippen molar-refractivity contribution in [2.24, 2.45) is 5.92 Å². The van der Waals surface area contributed by atoms with Gasteiger partial charge in [-0.05, 0) is 61.2 Å². The van der Waals surface area contributed by atoms with Crippen molar-refractivity contribution >= 4 is 17.5 Å². The van der Waals surface area contributed by atoms with Gasteiger partial charge >= 0.3 is 0 Å². The summed E-state index contributed by atoms with van der Waals surface area (Å²) in [6.07, 6.45) is 2.80. The standard InChI is InChI=1S/C26H32FN3O3/c1-33-24-11-9-23(10-12-24)28-14-3-15-29(17-16-28)26(32)21-4-2-13-30(19-21)25(31)18-20-5-7-22(27)8-6-20/h5-12,21H,2-4,13-19H2,1H3. The van der Waals surface area contributed by atoms with Crippen molar-refractivity contribution in [2.75, 3.05) is 51.3 Å². The van der Waals surface area contributed by atoms with Gasteiger partial charge in [0.25, 0.3) is 0 Å². The Balaban J connectivity index is 1.32. The van der Waals surface area contributed by atoms with E-state index in [9.17, 15) is 14.0 Å². The maximum absolute atomic E-state index is 13.3. The molecule has 1 atom stereocenters. The number of rotatable bonds is 5. The summed E-state index contributed by atoms with van der Waals surface area (Å²) in [5.74, 6) is 0.536. The van der Waals surface area contributed by atoms with Crippen LogP contribution < -0.4 is 9.64 Å². The summed E-state index contributed by atoms with van der Waals surface area (Å²) in [4.78, 5) is 32.2. The van der Waals surface area contributed by atoms with Crippen LogP contribution in [-0.4, -0.2) is 68.0 Å². The van der Waals surface area contributed by atoms with Crippen molar-refractivity contribution in [1.29, 1.82) is 0 Å². The first-order valence-corrected chi connectivity index (χ1v) is 11.7. The zero-order chi connectivity index (χ0) is 23.2. The molecule has 0 radical (unpaired) electrons. The highest BCUT2D eigenvalue weighted by Crippen LogP contribution is 2.23. The van der Waals surface area contributed by atoms with E-state index >= 15 is 0 Å². The number of hydrogen-bond donors (Lipinski definition) is 0. The van der Waals surface area contributed by atoms with E-state index in [4.69, 9.17) is 4.74 Å². The van der Waals surface area contributed by atoms with Crippen LogP contribution in [0.3, 0.4) is 0 Å². The molecule has 33 heavy (non-hydrogen) atoms. The first-order valence-electron chi connectivity index (χ1n) is 11.7. The highest BCUT2D eigenvalue weighted by atomic mass is 19.1. The van der Waals surface area contributed by atoms with Crippen molar-refractivity contribution in [3.63, 3.8) is 0 Å². The van der Waals surface area contributed by atoms with E-state index in [0.29, 0.717) is 19.6 Å². The summed E-state index contributed by atoms with van der Waals surface area (Å²) in [6, 6.07) is 14.1. The number of methoxy groups -OCH3 is 1. The number of nitrogens with zero attached hydrogens (tertiary/aromatic N) is 3. The molecule has 176 valence electrons. The number of hydrogen-bond acceptors (Lipinski definition) is 4. The second-order valence-electron chi connectivity index (χ2n) is 8.85. The predicted molar refractivity (Wildman–Crippen MR) is 126 cm³/mol. The molecule has 2 aliphatic rings. The van der Waals surface area contributed by atoms with Gasteiger partial charge in [-0.1, -0.05) is 12.1 Å². The lowest BCUT2D eigenvalue weighted by molar-refractivity contribution is -0.140. The first-order chi connectivity index (χ1) is 16.0. The first kappa shape index (κ1) is 23.1. The number of benzene rings is 2. The third-order valence-corrected chi connectivity index (χ3v) is 6.64. The minimum atomic E-state index is -0.308. The molecule has 2 heterocycles. The third-order valence-electron chi connectivity index (χ3n) is 6.64. The summed E-state index contributed by atoms with van der Waals surface area (Å²) in [5, 5.41) is 0. The van der Waals surface area contributed by atoms with Crippen LogP contribution in [0.25, 0.3) is 0 Å². The van der Waals surface area contributed by atoms with Crippen molar-refractivity contribution in [2.45, 2.75) is 25.7 Å². The molecule has 0 aliphatic carbocycles. The lowest BCUT2D eigenvalue weighted by atomic mass is 9.95. The normalized spacial score (nSPS) is 19.2. The van der Waals surface area contributed by atoms with E-state index in [-0.39, 0.29) is 30.0 Å². The molecule has 0 spiro atoms. The topological polar surface area (TPSA) is 53.1 Å². The highest BCUT2D eigenvalue weighted by Gasteiger charge is 2.32. The molecule has 0 saturated carbocycles. The molecule has 2 aromatic rings. The summed E-state index contributed by atoms with van der Waals surface area (Å²) < 4.78 is 18.4. The van der Waals surface area contributed by atoms with E-state index in [0.717, 1.165) is 55.9 Å². The molecule has 2 fully saturated rings. The second kappa shape index (κ2) is 10.7. The average molecular weight is 454 g/mol. The van der Waals surface area contributed by atoms with Crippen LogP contribution in [-0.2, 0) is 16.0 Å². The van der Waals surface area contributed by atoms with E-state index in [1.165, 1.54) is 12.1 Å². The predicted octanol–water partition coefficient (Wildman–Crippen LogP) is 3.35. The number of carbonyl (C=O) groups is 2. The number of amides is 2. The van der Waals surface area contributed by atoms with Crippen LogP contribution in [0.4, 0.5) is 10.1 Å². The zero-order valence-electron chi connectivity index (χ0n) is 19.2. The van der Waals surface area contributed by atoms with Crippen molar-refractivity contribution in [1.82, 2.24) is 9.80 Å². The molecule has 6 nitrogen and oxygen atoms in total. The molecular weight excluding hydrogens is 421 g/mol. The summed E-state index contributed by atoms with van der Waals surface area (Å²) in [5.41, 5.74) is 1.93. The van der Waals surface area contributed by atoms with Crippen LogP contribution in [0, 0.1) is 11.7 Å². The van der Waals surface area contributed by atoms with E-state index in [1.807, 2.05) is 17.0 Å². The summed E-state index contributed by atoms with van der Waals surface area (Å²) >= 11 is 0. The second-order valence-corrected chi connectivity index (χ2v) is 8.85. The Morgan fingerprint density at radius 3 is 2.36 bits per heavy atom. The van der Waals surface area contributed by atoms with Gasteiger partial charge in [-0.3, -0.25) is 9.59 Å². The summed E-state index contributed by atoms with van der Waals surface area (Å²) in [6.45, 7) is 4.27. The Hall–Kier alpha value is -3.09. The van der Waals surface area contributed by atoms with Crippen LogP contribution in [0.15, 0.2) is 48.5 Å². The molecule has 0 aromatic heterocycles. The third kappa shape index (κ3) is 5.83. The van der Waals surface area contributed by atoms with Crippen molar-refractivity contribution < 1.29 is 18.7 Å². The van der Waals surface area contributed by atoms with Crippen molar-refractivity contribution in [3.05, 3.63) is 59.9 Å². The van der Waals surface area contributed by atoms with Gasteiger partial charge in [0.2, 0.25) is 11.8 Å². The van der Waals surface area contributed by atoms with Gasteiger partial charge in [0, 0.05) is 45.0 Å². The maximum atomic E-state index is 13.3. The number of ether oxygens (including phenoxy) is 1. The molecule has 2 saturated heterocycles. The van der Waals surface area contributed by atoms with Gasteiger partial charge < -0.3 is 19.4 Å². The average Bonchev–Trinajstić information content (AvgIpc) is 3.11. The van der Waals surface area contributed by atoms with Gasteiger partial charge in [-0.15, -0.1) is 0 Å². The molecule has 2 amide bonds. The molecule has 2 aliphatic heterocycles. The SMILES string of the molecule is COc1ccc(N2CCCN(C(=O)C3CCCN(C(=O)Cc4ccc(F)cc4)C3)CC2)cc1. The van der Waals surface area contributed by atoms with Crippen LogP contribution in [0.2, 0.25) is 0 Å².